The van der Waals surface area contributed by atoms with Crippen molar-refractivity contribution in [1.29, 1.82) is 0 Å². The van der Waals surface area contributed by atoms with Gasteiger partial charge in [-0.15, -0.1) is 0 Å². The molecule has 2 atom stereocenters. The highest BCUT2D eigenvalue weighted by Gasteiger charge is 2.24. The van der Waals surface area contributed by atoms with Crippen LogP contribution in [0.5, 0.6) is 0 Å². The number of aliphatic hydroxyl groups is 1. The smallest absolute Gasteiger partial charge is 0.126 e. The number of aliphatic hydroxyl groups excluding tert-OH is 1. The Bertz CT molecular complexity index is 312. The Kier molecular flexibility index (Phi) is 3.06. The van der Waals surface area contributed by atoms with Crippen LogP contribution >= 0.6 is 0 Å². The number of rotatable bonds is 3. The van der Waals surface area contributed by atoms with Crippen LogP contribution in [-0.4, -0.2) is 22.7 Å². The Morgan fingerprint density at radius 1 is 1.47 bits per heavy atom. The van der Waals surface area contributed by atoms with Crippen molar-refractivity contribution in [2.75, 3.05) is 17.6 Å². The van der Waals surface area contributed by atoms with Gasteiger partial charge in [0.25, 0.3) is 0 Å². The quantitative estimate of drug-likeness (QED) is 0.697. The second-order valence-electron chi connectivity index (χ2n) is 4.12. The summed E-state index contributed by atoms with van der Waals surface area (Å²) in [4.78, 5) is 4.15. The highest BCUT2D eigenvalue weighted by atomic mass is 16.3. The number of nitrogen functional groups attached to an aromatic ring is 1. The maximum absolute atomic E-state index is 9.63. The number of hydrogen-bond donors (Lipinski definition) is 3. The third-order valence-corrected chi connectivity index (χ3v) is 2.95. The molecule has 4 heteroatoms. The average Bonchev–Trinajstić information content (AvgIpc) is 2.63. The van der Waals surface area contributed by atoms with Gasteiger partial charge in [0.1, 0.15) is 5.82 Å². The molecule has 0 aromatic carbocycles. The van der Waals surface area contributed by atoms with Crippen LogP contribution in [-0.2, 0) is 0 Å². The van der Waals surface area contributed by atoms with Gasteiger partial charge >= 0.3 is 0 Å². The molecule has 2 rings (SSSR count). The van der Waals surface area contributed by atoms with Gasteiger partial charge in [-0.1, -0.05) is 6.42 Å². The minimum absolute atomic E-state index is 0.147. The maximum Gasteiger partial charge on any atom is 0.126 e. The summed E-state index contributed by atoms with van der Waals surface area (Å²) in [5.74, 6) is 1.19. The van der Waals surface area contributed by atoms with Crippen molar-refractivity contribution in [3.8, 4) is 0 Å². The summed E-state index contributed by atoms with van der Waals surface area (Å²) >= 11 is 0. The van der Waals surface area contributed by atoms with Crippen molar-refractivity contribution < 1.29 is 5.11 Å². The van der Waals surface area contributed by atoms with Gasteiger partial charge in [-0.25, -0.2) is 4.98 Å². The van der Waals surface area contributed by atoms with E-state index in [1.54, 1.807) is 6.20 Å². The monoisotopic (exact) mass is 207 g/mol. The Hall–Kier alpha value is -1.29. The third-order valence-electron chi connectivity index (χ3n) is 2.95. The van der Waals surface area contributed by atoms with E-state index in [0.29, 0.717) is 11.6 Å². The standard InChI is InChI=1S/C11H17N3O/c12-9-4-5-11(14-7-9)13-6-8-2-1-3-10(8)15/h4-5,7-8,10,15H,1-3,6,12H2,(H,13,14). The van der Waals surface area contributed by atoms with E-state index in [2.05, 4.69) is 10.3 Å². The zero-order valence-corrected chi connectivity index (χ0v) is 8.69. The minimum atomic E-state index is -0.147. The summed E-state index contributed by atoms with van der Waals surface area (Å²) in [5, 5.41) is 12.8. The van der Waals surface area contributed by atoms with Gasteiger partial charge < -0.3 is 16.2 Å². The van der Waals surface area contributed by atoms with E-state index in [0.717, 1.165) is 31.6 Å². The summed E-state index contributed by atoms with van der Waals surface area (Å²) in [6, 6.07) is 3.68. The van der Waals surface area contributed by atoms with Crippen molar-refractivity contribution in [2.24, 2.45) is 5.92 Å². The molecule has 1 saturated carbocycles. The zero-order valence-electron chi connectivity index (χ0n) is 8.69. The SMILES string of the molecule is Nc1ccc(NCC2CCCC2O)nc1. The van der Waals surface area contributed by atoms with E-state index in [4.69, 9.17) is 5.73 Å². The molecule has 4 N–H and O–H groups in total. The number of nitrogens with one attached hydrogen (secondary N) is 1. The van der Waals surface area contributed by atoms with Crippen LogP contribution in [0.15, 0.2) is 18.3 Å². The molecular formula is C11H17N3O. The van der Waals surface area contributed by atoms with Crippen LogP contribution < -0.4 is 11.1 Å². The number of aromatic nitrogens is 1. The summed E-state index contributed by atoms with van der Waals surface area (Å²) in [5.41, 5.74) is 6.20. The van der Waals surface area contributed by atoms with Gasteiger partial charge in [-0.05, 0) is 25.0 Å². The van der Waals surface area contributed by atoms with Crippen LogP contribution in [0.1, 0.15) is 19.3 Å². The molecule has 4 nitrogen and oxygen atoms in total. The van der Waals surface area contributed by atoms with Crippen molar-refractivity contribution in [3.05, 3.63) is 18.3 Å². The molecule has 82 valence electrons. The van der Waals surface area contributed by atoms with E-state index in [9.17, 15) is 5.11 Å². The Morgan fingerprint density at radius 3 is 2.93 bits per heavy atom. The zero-order chi connectivity index (χ0) is 10.7. The van der Waals surface area contributed by atoms with Crippen molar-refractivity contribution in [2.45, 2.75) is 25.4 Å². The molecular weight excluding hydrogens is 190 g/mol. The maximum atomic E-state index is 9.63. The molecule has 1 heterocycles. The molecule has 0 saturated heterocycles. The normalized spacial score (nSPS) is 25.4. The molecule has 2 unspecified atom stereocenters. The minimum Gasteiger partial charge on any atom is -0.397 e. The number of nitrogens with zero attached hydrogens (tertiary/aromatic N) is 1. The lowest BCUT2D eigenvalue weighted by Gasteiger charge is -2.15. The van der Waals surface area contributed by atoms with Crippen molar-refractivity contribution in [3.63, 3.8) is 0 Å². The topological polar surface area (TPSA) is 71.2 Å². The van der Waals surface area contributed by atoms with E-state index in [1.165, 1.54) is 0 Å². The van der Waals surface area contributed by atoms with Crippen LogP contribution in [0, 0.1) is 5.92 Å². The highest BCUT2D eigenvalue weighted by molar-refractivity contribution is 5.43. The van der Waals surface area contributed by atoms with Crippen LogP contribution in [0.25, 0.3) is 0 Å². The van der Waals surface area contributed by atoms with Gasteiger partial charge in [0, 0.05) is 12.5 Å². The molecule has 1 aromatic heterocycles. The fraction of sp³-hybridized carbons (Fsp3) is 0.545. The first kappa shape index (κ1) is 10.2. The van der Waals surface area contributed by atoms with E-state index in [1.807, 2.05) is 12.1 Å². The number of anilines is 2. The summed E-state index contributed by atoms with van der Waals surface area (Å²) in [6.45, 7) is 0.790. The second kappa shape index (κ2) is 4.49. The number of hydrogen-bond acceptors (Lipinski definition) is 4. The molecule has 1 aliphatic rings. The van der Waals surface area contributed by atoms with E-state index in [-0.39, 0.29) is 6.10 Å². The molecule has 0 aliphatic heterocycles. The van der Waals surface area contributed by atoms with E-state index >= 15 is 0 Å². The summed E-state index contributed by atoms with van der Waals surface area (Å²) in [7, 11) is 0. The van der Waals surface area contributed by atoms with Crippen LogP contribution in [0.2, 0.25) is 0 Å². The Morgan fingerprint density at radius 2 is 2.33 bits per heavy atom. The predicted octanol–water partition coefficient (Wildman–Crippen LogP) is 1.24. The first-order chi connectivity index (χ1) is 7.25. The molecule has 1 aliphatic carbocycles. The summed E-state index contributed by atoms with van der Waals surface area (Å²) in [6.07, 6.45) is 4.65. The van der Waals surface area contributed by atoms with Crippen LogP contribution in [0.3, 0.4) is 0 Å². The molecule has 1 fully saturated rings. The van der Waals surface area contributed by atoms with Gasteiger partial charge in [0.15, 0.2) is 0 Å². The van der Waals surface area contributed by atoms with Gasteiger partial charge in [-0.2, -0.15) is 0 Å². The van der Waals surface area contributed by atoms with Crippen molar-refractivity contribution >= 4 is 11.5 Å². The average molecular weight is 207 g/mol. The fourth-order valence-electron chi connectivity index (χ4n) is 2.00. The molecule has 0 spiro atoms. The van der Waals surface area contributed by atoms with Gasteiger partial charge in [0.05, 0.1) is 18.0 Å². The van der Waals surface area contributed by atoms with Crippen molar-refractivity contribution in [1.82, 2.24) is 4.98 Å². The number of pyridine rings is 1. The lowest BCUT2D eigenvalue weighted by atomic mass is 10.1. The largest absolute Gasteiger partial charge is 0.397 e. The van der Waals surface area contributed by atoms with Gasteiger partial charge in [0.2, 0.25) is 0 Å². The Balaban J connectivity index is 1.85. The second-order valence-corrected chi connectivity index (χ2v) is 4.12. The fourth-order valence-corrected chi connectivity index (χ4v) is 2.00. The van der Waals surface area contributed by atoms with Gasteiger partial charge in [-0.3, -0.25) is 0 Å². The van der Waals surface area contributed by atoms with Crippen LogP contribution in [0.4, 0.5) is 11.5 Å². The van der Waals surface area contributed by atoms with E-state index < -0.39 is 0 Å². The molecule has 1 aromatic rings. The third kappa shape index (κ3) is 2.59. The Labute approximate surface area is 89.5 Å². The molecule has 0 bridgehead atoms. The first-order valence-corrected chi connectivity index (χ1v) is 5.39. The number of nitrogens with two attached hydrogens (primary N) is 1. The lowest BCUT2D eigenvalue weighted by Crippen LogP contribution is -2.22. The lowest BCUT2D eigenvalue weighted by molar-refractivity contribution is 0.138. The first-order valence-electron chi connectivity index (χ1n) is 5.39. The predicted molar refractivity (Wildman–Crippen MR) is 60.5 cm³/mol. The molecule has 0 radical (unpaired) electrons. The highest BCUT2D eigenvalue weighted by Crippen LogP contribution is 2.25. The summed E-state index contributed by atoms with van der Waals surface area (Å²) < 4.78 is 0. The molecule has 15 heavy (non-hydrogen) atoms. The molecule has 0 amide bonds.